The second-order valence-corrected chi connectivity index (χ2v) is 3.83. The van der Waals surface area contributed by atoms with Crippen LogP contribution in [0.5, 0.6) is 0 Å². The van der Waals surface area contributed by atoms with Crippen LogP contribution in [0.15, 0.2) is 24.5 Å². The highest BCUT2D eigenvalue weighted by molar-refractivity contribution is 5.15. The van der Waals surface area contributed by atoms with Crippen LogP contribution in [0.2, 0.25) is 0 Å². The van der Waals surface area contributed by atoms with Gasteiger partial charge in [-0.05, 0) is 44.3 Å². The first kappa shape index (κ1) is 9.62. The molecule has 1 aromatic rings. The minimum atomic E-state index is 0.500. The third-order valence-electron chi connectivity index (χ3n) is 2.82. The SMILES string of the molecule is CN1CCCNCC1c1ccncc1. The van der Waals surface area contributed by atoms with Gasteiger partial charge in [0.15, 0.2) is 0 Å². The average molecular weight is 191 g/mol. The predicted octanol–water partition coefficient (Wildman–Crippen LogP) is 1.05. The van der Waals surface area contributed by atoms with Crippen molar-refractivity contribution in [2.24, 2.45) is 0 Å². The van der Waals surface area contributed by atoms with Crippen LogP contribution in [0, 0.1) is 0 Å². The zero-order valence-corrected chi connectivity index (χ0v) is 8.61. The van der Waals surface area contributed by atoms with E-state index in [1.807, 2.05) is 12.4 Å². The van der Waals surface area contributed by atoms with E-state index in [1.165, 1.54) is 18.5 Å². The molecule has 14 heavy (non-hydrogen) atoms. The fraction of sp³-hybridized carbons (Fsp3) is 0.545. The Hall–Kier alpha value is -0.930. The van der Waals surface area contributed by atoms with Gasteiger partial charge in [0.2, 0.25) is 0 Å². The number of likely N-dealkylation sites (N-methyl/N-ethyl adjacent to an activating group) is 1. The maximum absolute atomic E-state index is 4.05. The molecule has 0 bridgehead atoms. The van der Waals surface area contributed by atoms with Crippen LogP contribution < -0.4 is 5.32 Å². The highest BCUT2D eigenvalue weighted by atomic mass is 15.2. The summed E-state index contributed by atoms with van der Waals surface area (Å²) in [5.41, 5.74) is 1.36. The Labute approximate surface area is 85.1 Å². The first-order valence-electron chi connectivity index (χ1n) is 5.19. The first-order valence-corrected chi connectivity index (χ1v) is 5.19. The van der Waals surface area contributed by atoms with E-state index in [1.54, 1.807) is 0 Å². The fourth-order valence-corrected chi connectivity index (χ4v) is 1.96. The lowest BCUT2D eigenvalue weighted by atomic mass is 10.1. The average Bonchev–Trinajstić information content (AvgIpc) is 2.44. The van der Waals surface area contributed by atoms with E-state index in [2.05, 4.69) is 34.4 Å². The lowest BCUT2D eigenvalue weighted by molar-refractivity contribution is 0.261. The van der Waals surface area contributed by atoms with Crippen molar-refractivity contribution in [3.8, 4) is 0 Å². The monoisotopic (exact) mass is 191 g/mol. The molecule has 76 valence electrons. The lowest BCUT2D eigenvalue weighted by Gasteiger charge is -2.25. The third-order valence-corrected chi connectivity index (χ3v) is 2.82. The lowest BCUT2D eigenvalue weighted by Crippen LogP contribution is -2.29. The Kier molecular flexibility index (Phi) is 3.11. The van der Waals surface area contributed by atoms with E-state index >= 15 is 0 Å². The van der Waals surface area contributed by atoms with Crippen molar-refractivity contribution in [1.29, 1.82) is 0 Å². The molecule has 1 aliphatic rings. The Morgan fingerprint density at radius 2 is 2.21 bits per heavy atom. The van der Waals surface area contributed by atoms with Gasteiger partial charge in [0.05, 0.1) is 0 Å². The maximum atomic E-state index is 4.05. The molecule has 3 heteroatoms. The zero-order valence-electron chi connectivity index (χ0n) is 8.61. The summed E-state index contributed by atoms with van der Waals surface area (Å²) in [7, 11) is 2.19. The van der Waals surface area contributed by atoms with Gasteiger partial charge in [-0.2, -0.15) is 0 Å². The minimum absolute atomic E-state index is 0.500. The molecule has 1 saturated heterocycles. The Balaban J connectivity index is 2.15. The summed E-state index contributed by atoms with van der Waals surface area (Å²) in [6, 6.07) is 4.71. The number of nitrogens with one attached hydrogen (secondary N) is 1. The Bertz CT molecular complexity index is 273. The molecule has 2 heterocycles. The molecule has 0 saturated carbocycles. The van der Waals surface area contributed by atoms with E-state index in [0.717, 1.165) is 13.1 Å². The van der Waals surface area contributed by atoms with Crippen molar-refractivity contribution >= 4 is 0 Å². The highest BCUT2D eigenvalue weighted by Crippen LogP contribution is 2.19. The summed E-state index contributed by atoms with van der Waals surface area (Å²) in [5.74, 6) is 0. The van der Waals surface area contributed by atoms with E-state index in [-0.39, 0.29) is 0 Å². The number of aromatic nitrogens is 1. The first-order chi connectivity index (χ1) is 6.88. The van der Waals surface area contributed by atoms with E-state index in [4.69, 9.17) is 0 Å². The molecule has 1 aliphatic heterocycles. The standard InChI is InChI=1S/C11H17N3/c1-14-8-2-5-13-9-11(14)10-3-6-12-7-4-10/h3-4,6-7,11,13H,2,5,8-9H2,1H3. The fourth-order valence-electron chi connectivity index (χ4n) is 1.96. The van der Waals surface area contributed by atoms with Gasteiger partial charge in [-0.25, -0.2) is 0 Å². The molecule has 1 N–H and O–H groups in total. The summed E-state index contributed by atoms with van der Waals surface area (Å²) in [4.78, 5) is 6.46. The van der Waals surface area contributed by atoms with E-state index < -0.39 is 0 Å². The minimum Gasteiger partial charge on any atom is -0.315 e. The van der Waals surface area contributed by atoms with E-state index in [0.29, 0.717) is 6.04 Å². The largest absolute Gasteiger partial charge is 0.315 e. The zero-order chi connectivity index (χ0) is 9.80. The van der Waals surface area contributed by atoms with Gasteiger partial charge in [-0.3, -0.25) is 9.88 Å². The van der Waals surface area contributed by atoms with Crippen molar-refractivity contribution < 1.29 is 0 Å². The number of hydrogen-bond acceptors (Lipinski definition) is 3. The van der Waals surface area contributed by atoms with Crippen LogP contribution in [0.4, 0.5) is 0 Å². The van der Waals surface area contributed by atoms with Crippen molar-refractivity contribution in [2.45, 2.75) is 12.5 Å². The summed E-state index contributed by atoms with van der Waals surface area (Å²) < 4.78 is 0. The molecule has 0 radical (unpaired) electrons. The van der Waals surface area contributed by atoms with Crippen LogP contribution in [0.3, 0.4) is 0 Å². The topological polar surface area (TPSA) is 28.2 Å². The number of rotatable bonds is 1. The maximum Gasteiger partial charge on any atom is 0.0470 e. The molecule has 0 aliphatic carbocycles. The number of pyridine rings is 1. The van der Waals surface area contributed by atoms with Crippen LogP contribution in [-0.2, 0) is 0 Å². The molecule has 0 aromatic carbocycles. The molecule has 1 aromatic heterocycles. The van der Waals surface area contributed by atoms with Crippen LogP contribution in [-0.4, -0.2) is 36.6 Å². The normalized spacial score (nSPS) is 24.5. The third kappa shape index (κ3) is 2.11. The number of hydrogen-bond donors (Lipinski definition) is 1. The van der Waals surface area contributed by atoms with Gasteiger partial charge < -0.3 is 5.32 Å². The van der Waals surface area contributed by atoms with Crippen LogP contribution in [0.1, 0.15) is 18.0 Å². The quantitative estimate of drug-likeness (QED) is 0.719. The summed E-state index contributed by atoms with van der Waals surface area (Å²) >= 11 is 0. The van der Waals surface area contributed by atoms with Crippen LogP contribution >= 0.6 is 0 Å². The van der Waals surface area contributed by atoms with Crippen molar-refractivity contribution in [2.75, 3.05) is 26.7 Å². The second kappa shape index (κ2) is 4.53. The van der Waals surface area contributed by atoms with Gasteiger partial charge in [0.25, 0.3) is 0 Å². The molecular weight excluding hydrogens is 174 g/mol. The molecule has 0 spiro atoms. The van der Waals surface area contributed by atoms with Crippen molar-refractivity contribution in [3.63, 3.8) is 0 Å². The number of nitrogens with zero attached hydrogens (tertiary/aromatic N) is 2. The van der Waals surface area contributed by atoms with Gasteiger partial charge >= 0.3 is 0 Å². The van der Waals surface area contributed by atoms with Gasteiger partial charge in [0, 0.05) is 25.0 Å². The molecule has 1 fully saturated rings. The Morgan fingerprint density at radius 1 is 1.43 bits per heavy atom. The predicted molar refractivity (Wildman–Crippen MR) is 57.1 cm³/mol. The molecule has 3 nitrogen and oxygen atoms in total. The van der Waals surface area contributed by atoms with Gasteiger partial charge in [-0.1, -0.05) is 0 Å². The van der Waals surface area contributed by atoms with Crippen molar-refractivity contribution in [1.82, 2.24) is 15.2 Å². The van der Waals surface area contributed by atoms with Crippen molar-refractivity contribution in [3.05, 3.63) is 30.1 Å². The molecule has 1 atom stereocenters. The molecule has 2 rings (SSSR count). The molecular formula is C11H17N3. The summed E-state index contributed by atoms with van der Waals surface area (Å²) in [6.45, 7) is 3.34. The van der Waals surface area contributed by atoms with E-state index in [9.17, 15) is 0 Å². The summed E-state index contributed by atoms with van der Waals surface area (Å²) in [5, 5.41) is 3.46. The van der Waals surface area contributed by atoms with Gasteiger partial charge in [0.1, 0.15) is 0 Å². The molecule has 1 unspecified atom stereocenters. The van der Waals surface area contributed by atoms with Crippen LogP contribution in [0.25, 0.3) is 0 Å². The Morgan fingerprint density at radius 3 is 3.00 bits per heavy atom. The highest BCUT2D eigenvalue weighted by Gasteiger charge is 2.18. The smallest absolute Gasteiger partial charge is 0.0470 e. The van der Waals surface area contributed by atoms with Gasteiger partial charge in [-0.15, -0.1) is 0 Å². The second-order valence-electron chi connectivity index (χ2n) is 3.83. The molecule has 0 amide bonds. The summed E-state index contributed by atoms with van der Waals surface area (Å²) in [6.07, 6.45) is 4.97.